The highest BCUT2D eigenvalue weighted by atomic mass is 35.5. The van der Waals surface area contributed by atoms with Crippen molar-refractivity contribution < 1.29 is 9.18 Å². The van der Waals surface area contributed by atoms with Gasteiger partial charge in [0.2, 0.25) is 5.91 Å². The molecule has 0 saturated carbocycles. The number of carbonyl (C=O) groups is 1. The lowest BCUT2D eigenvalue weighted by Crippen LogP contribution is -2.21. The molecule has 3 rings (SSSR count). The second-order valence-electron chi connectivity index (χ2n) is 7.09. The standard InChI is InChI=1S/C21H23ClFN5OS/c1-13-5-8-16(11-18(13)23)24-19(29)12-30-21-26-25-20(14(2)27(3)4)28(21)17-9-6-15(22)7-10-17/h5-11,14H,12H2,1-4H3,(H,24,29). The van der Waals surface area contributed by atoms with E-state index in [4.69, 9.17) is 11.6 Å². The molecule has 0 aliphatic heterocycles. The second kappa shape index (κ2) is 9.59. The summed E-state index contributed by atoms with van der Waals surface area (Å²) in [6.45, 7) is 3.70. The highest BCUT2D eigenvalue weighted by molar-refractivity contribution is 7.99. The molecule has 0 aliphatic rings. The van der Waals surface area contributed by atoms with Crippen LogP contribution in [0.5, 0.6) is 0 Å². The quantitative estimate of drug-likeness (QED) is 0.531. The van der Waals surface area contributed by atoms with Crippen molar-refractivity contribution in [3.8, 4) is 5.69 Å². The van der Waals surface area contributed by atoms with Crippen molar-refractivity contribution in [3.05, 3.63) is 64.7 Å². The van der Waals surface area contributed by atoms with Gasteiger partial charge in [-0.15, -0.1) is 10.2 Å². The molecule has 2 aromatic carbocycles. The smallest absolute Gasteiger partial charge is 0.234 e. The van der Waals surface area contributed by atoms with E-state index in [0.29, 0.717) is 21.4 Å². The zero-order valence-corrected chi connectivity index (χ0v) is 18.8. The van der Waals surface area contributed by atoms with Crippen molar-refractivity contribution >= 4 is 35.0 Å². The SMILES string of the molecule is Cc1ccc(NC(=O)CSc2nnc(C(C)N(C)C)n2-c2ccc(Cl)cc2)cc1F. The van der Waals surface area contributed by atoms with Crippen molar-refractivity contribution in [3.63, 3.8) is 0 Å². The lowest BCUT2D eigenvalue weighted by atomic mass is 10.2. The number of carbonyl (C=O) groups excluding carboxylic acids is 1. The van der Waals surface area contributed by atoms with E-state index in [2.05, 4.69) is 15.5 Å². The first-order valence-corrected chi connectivity index (χ1v) is 10.7. The molecular formula is C21H23ClFN5OS. The van der Waals surface area contributed by atoms with Crippen LogP contribution in [0.25, 0.3) is 5.69 Å². The maximum absolute atomic E-state index is 13.7. The molecule has 158 valence electrons. The minimum absolute atomic E-state index is 0.00638. The number of nitrogens with one attached hydrogen (secondary N) is 1. The number of rotatable bonds is 7. The molecule has 0 spiro atoms. The number of hydrogen-bond donors (Lipinski definition) is 1. The van der Waals surface area contributed by atoms with Gasteiger partial charge in [-0.3, -0.25) is 14.3 Å². The van der Waals surface area contributed by atoms with Gasteiger partial charge < -0.3 is 5.32 Å². The van der Waals surface area contributed by atoms with Crippen LogP contribution in [0.4, 0.5) is 10.1 Å². The number of thioether (sulfide) groups is 1. The average molecular weight is 448 g/mol. The summed E-state index contributed by atoms with van der Waals surface area (Å²) in [6, 6.07) is 12.0. The van der Waals surface area contributed by atoms with E-state index < -0.39 is 0 Å². The summed E-state index contributed by atoms with van der Waals surface area (Å²) in [5.41, 5.74) is 1.81. The third-order valence-corrected chi connectivity index (χ3v) is 5.86. The molecule has 1 N–H and O–H groups in total. The van der Waals surface area contributed by atoms with E-state index in [1.54, 1.807) is 31.2 Å². The topological polar surface area (TPSA) is 63.1 Å². The molecular weight excluding hydrogens is 425 g/mol. The Bertz CT molecular complexity index is 1040. The average Bonchev–Trinajstić information content (AvgIpc) is 3.13. The summed E-state index contributed by atoms with van der Waals surface area (Å²) >= 11 is 7.30. The first kappa shape index (κ1) is 22.3. The van der Waals surface area contributed by atoms with E-state index in [1.165, 1.54) is 17.8 Å². The predicted molar refractivity (Wildman–Crippen MR) is 119 cm³/mol. The van der Waals surface area contributed by atoms with Crippen LogP contribution in [0.3, 0.4) is 0 Å². The van der Waals surface area contributed by atoms with Crippen molar-refractivity contribution in [1.29, 1.82) is 0 Å². The Balaban J connectivity index is 1.80. The van der Waals surface area contributed by atoms with Gasteiger partial charge in [0.25, 0.3) is 0 Å². The van der Waals surface area contributed by atoms with Gasteiger partial charge >= 0.3 is 0 Å². The van der Waals surface area contributed by atoms with Gasteiger partial charge in [-0.05, 0) is 69.9 Å². The third kappa shape index (κ3) is 5.19. The fraction of sp³-hybridized carbons (Fsp3) is 0.286. The molecule has 1 atom stereocenters. The fourth-order valence-corrected chi connectivity index (χ4v) is 3.59. The normalized spacial score (nSPS) is 12.2. The number of aromatic nitrogens is 3. The summed E-state index contributed by atoms with van der Waals surface area (Å²) in [5, 5.41) is 12.6. The third-order valence-electron chi connectivity index (χ3n) is 4.68. The van der Waals surface area contributed by atoms with E-state index in [0.717, 1.165) is 11.5 Å². The largest absolute Gasteiger partial charge is 0.325 e. The van der Waals surface area contributed by atoms with Crippen molar-refractivity contribution in [1.82, 2.24) is 19.7 Å². The Hall–Kier alpha value is -2.42. The number of hydrogen-bond acceptors (Lipinski definition) is 5. The van der Waals surface area contributed by atoms with Gasteiger partial charge in [0.15, 0.2) is 11.0 Å². The molecule has 30 heavy (non-hydrogen) atoms. The number of aryl methyl sites for hydroxylation is 1. The molecule has 6 nitrogen and oxygen atoms in total. The van der Waals surface area contributed by atoms with Gasteiger partial charge in [0.05, 0.1) is 11.8 Å². The molecule has 0 bridgehead atoms. The van der Waals surface area contributed by atoms with Crippen molar-refractivity contribution in [2.75, 3.05) is 25.2 Å². The van der Waals surface area contributed by atoms with Crippen molar-refractivity contribution in [2.45, 2.75) is 25.0 Å². The molecule has 0 saturated heterocycles. The molecule has 1 heterocycles. The minimum atomic E-state index is -0.356. The van der Waals surface area contributed by atoms with Gasteiger partial charge in [-0.2, -0.15) is 0 Å². The van der Waals surface area contributed by atoms with Crippen LogP contribution < -0.4 is 5.32 Å². The molecule has 0 aliphatic carbocycles. The van der Waals surface area contributed by atoms with Crippen LogP contribution >= 0.6 is 23.4 Å². The van der Waals surface area contributed by atoms with Crippen molar-refractivity contribution in [2.24, 2.45) is 0 Å². The number of nitrogens with zero attached hydrogens (tertiary/aromatic N) is 4. The second-order valence-corrected chi connectivity index (χ2v) is 8.47. The molecule has 9 heteroatoms. The summed E-state index contributed by atoms with van der Waals surface area (Å²) < 4.78 is 15.6. The molecule has 0 fully saturated rings. The Morgan fingerprint density at radius 2 is 1.93 bits per heavy atom. The highest BCUT2D eigenvalue weighted by Gasteiger charge is 2.21. The van der Waals surface area contributed by atoms with Gasteiger partial charge in [0, 0.05) is 16.4 Å². The van der Waals surface area contributed by atoms with E-state index in [9.17, 15) is 9.18 Å². The molecule has 3 aromatic rings. The molecule has 1 unspecified atom stereocenters. The van der Waals surface area contributed by atoms with E-state index in [1.807, 2.05) is 42.6 Å². The Labute approximate surface area is 184 Å². The highest BCUT2D eigenvalue weighted by Crippen LogP contribution is 2.27. The summed E-state index contributed by atoms with van der Waals surface area (Å²) in [6.07, 6.45) is 0. The van der Waals surface area contributed by atoms with Crippen LogP contribution in [0.2, 0.25) is 5.02 Å². The first-order chi connectivity index (χ1) is 14.3. The summed E-state index contributed by atoms with van der Waals surface area (Å²) in [5.74, 6) is 0.254. The Morgan fingerprint density at radius 3 is 2.57 bits per heavy atom. The lowest BCUT2D eigenvalue weighted by Gasteiger charge is -2.20. The number of amides is 1. The van der Waals surface area contributed by atoms with E-state index in [-0.39, 0.29) is 23.5 Å². The van der Waals surface area contributed by atoms with Crippen LogP contribution in [-0.2, 0) is 4.79 Å². The maximum atomic E-state index is 13.7. The summed E-state index contributed by atoms with van der Waals surface area (Å²) in [7, 11) is 3.93. The summed E-state index contributed by atoms with van der Waals surface area (Å²) in [4.78, 5) is 14.4. The predicted octanol–water partition coefficient (Wildman–Crippen LogP) is 4.72. The van der Waals surface area contributed by atoms with E-state index >= 15 is 0 Å². The minimum Gasteiger partial charge on any atom is -0.325 e. The number of benzene rings is 2. The van der Waals surface area contributed by atoms with Gasteiger partial charge in [-0.25, -0.2) is 4.39 Å². The number of anilines is 1. The van der Waals surface area contributed by atoms with Crippen LogP contribution in [0, 0.1) is 12.7 Å². The fourth-order valence-electron chi connectivity index (χ4n) is 2.71. The zero-order chi connectivity index (χ0) is 21.8. The van der Waals surface area contributed by atoms with Gasteiger partial charge in [-0.1, -0.05) is 29.4 Å². The Morgan fingerprint density at radius 1 is 1.23 bits per heavy atom. The molecule has 0 radical (unpaired) electrons. The first-order valence-electron chi connectivity index (χ1n) is 9.32. The number of halogens is 2. The van der Waals surface area contributed by atoms with Gasteiger partial charge in [0.1, 0.15) is 5.82 Å². The van der Waals surface area contributed by atoms with Crippen LogP contribution in [-0.4, -0.2) is 45.4 Å². The van der Waals surface area contributed by atoms with Crippen LogP contribution in [0.15, 0.2) is 47.6 Å². The maximum Gasteiger partial charge on any atom is 0.234 e. The molecule has 1 amide bonds. The van der Waals surface area contributed by atoms with Crippen LogP contribution in [0.1, 0.15) is 24.4 Å². The monoisotopic (exact) mass is 447 g/mol. The molecule has 1 aromatic heterocycles. The zero-order valence-electron chi connectivity index (χ0n) is 17.2. The Kier molecular flexibility index (Phi) is 7.12. The lowest BCUT2D eigenvalue weighted by molar-refractivity contribution is -0.113.